The molecule has 0 spiro atoms. The van der Waals surface area contributed by atoms with Crippen LogP contribution in [-0.4, -0.2) is 67.1 Å². The van der Waals surface area contributed by atoms with Gasteiger partial charge in [0.1, 0.15) is 17.3 Å². The molecule has 0 atom stereocenters. The lowest BCUT2D eigenvalue weighted by atomic mass is 10.1. The summed E-state index contributed by atoms with van der Waals surface area (Å²) in [5.74, 6) is -0.0125. The van der Waals surface area contributed by atoms with Crippen molar-refractivity contribution in [2.75, 3.05) is 56.7 Å². The van der Waals surface area contributed by atoms with Gasteiger partial charge < -0.3 is 19.4 Å². The van der Waals surface area contributed by atoms with Crippen LogP contribution in [0.4, 0.5) is 15.9 Å². The van der Waals surface area contributed by atoms with E-state index in [2.05, 4.69) is 0 Å². The van der Waals surface area contributed by atoms with Gasteiger partial charge in [0.25, 0.3) is 11.5 Å². The molecule has 34 heavy (non-hydrogen) atoms. The van der Waals surface area contributed by atoms with Gasteiger partial charge in [0.15, 0.2) is 0 Å². The van der Waals surface area contributed by atoms with Gasteiger partial charge in [0.05, 0.1) is 24.5 Å². The van der Waals surface area contributed by atoms with Crippen molar-refractivity contribution in [2.45, 2.75) is 13.0 Å². The number of amides is 1. The van der Waals surface area contributed by atoms with Crippen molar-refractivity contribution in [3.63, 3.8) is 0 Å². The largest absolute Gasteiger partial charge is 0.378 e. The van der Waals surface area contributed by atoms with Gasteiger partial charge in [0.2, 0.25) is 0 Å². The number of anilines is 2. The summed E-state index contributed by atoms with van der Waals surface area (Å²) in [6.45, 7) is 3.25. The Labute approximate surface area is 201 Å². The Hall–Kier alpha value is -3.17. The summed E-state index contributed by atoms with van der Waals surface area (Å²) in [5.41, 5.74) is 2.42. The highest BCUT2D eigenvalue weighted by atomic mass is 35.5. The molecule has 8 nitrogen and oxygen atoms in total. The molecule has 2 aromatic heterocycles. The third-order valence-electron chi connectivity index (χ3n) is 6.30. The molecule has 3 aromatic rings. The fraction of sp³-hybridized carbons (Fsp3) is 0.375. The summed E-state index contributed by atoms with van der Waals surface area (Å²) < 4.78 is 21.6. The Bertz CT molecular complexity index is 1340. The van der Waals surface area contributed by atoms with E-state index >= 15 is 0 Å². The van der Waals surface area contributed by atoms with Crippen molar-refractivity contribution in [3.8, 4) is 0 Å². The number of pyridine rings is 1. The van der Waals surface area contributed by atoms with Crippen LogP contribution in [0.2, 0.25) is 5.02 Å². The molecular weight excluding hydrogens is 461 g/mol. The molecule has 0 radical (unpaired) electrons. The average Bonchev–Trinajstić information content (AvgIpc) is 3.26. The molecule has 2 aliphatic rings. The molecule has 0 saturated carbocycles. The molecule has 0 N–H and O–H groups in total. The fourth-order valence-electron chi connectivity index (χ4n) is 4.59. The summed E-state index contributed by atoms with van der Waals surface area (Å²) >= 11 is 6.32. The van der Waals surface area contributed by atoms with Gasteiger partial charge in [-0.3, -0.25) is 14.0 Å². The van der Waals surface area contributed by atoms with Gasteiger partial charge in [0, 0.05) is 63.1 Å². The molecule has 10 heteroatoms. The number of nitrogens with zero attached hydrogens (tertiary/aromatic N) is 5. The summed E-state index contributed by atoms with van der Waals surface area (Å²) in [5, 5.41) is 0.532. The number of carbonyl (C=O) groups is 1. The minimum absolute atomic E-state index is 0.233. The SMILES string of the molecule is CN(C)C(=O)c1cc(CN2CCc3c(Cl)ccc(F)c32)c2nc(N3CCOCC3)cc(=O)n2c1. The maximum atomic E-state index is 14.8. The molecule has 1 fully saturated rings. The van der Waals surface area contributed by atoms with Gasteiger partial charge in [-0.1, -0.05) is 11.6 Å². The minimum Gasteiger partial charge on any atom is -0.378 e. The third-order valence-corrected chi connectivity index (χ3v) is 6.65. The van der Waals surface area contributed by atoms with Crippen LogP contribution in [0.5, 0.6) is 0 Å². The van der Waals surface area contributed by atoms with Crippen LogP contribution in [0, 0.1) is 5.82 Å². The van der Waals surface area contributed by atoms with Crippen molar-refractivity contribution in [1.82, 2.24) is 14.3 Å². The van der Waals surface area contributed by atoms with Crippen molar-refractivity contribution < 1.29 is 13.9 Å². The number of aromatic nitrogens is 2. The number of halogens is 2. The zero-order valence-electron chi connectivity index (χ0n) is 19.1. The Morgan fingerprint density at radius 1 is 1.21 bits per heavy atom. The second kappa shape index (κ2) is 8.88. The lowest BCUT2D eigenvalue weighted by Gasteiger charge is -2.28. The van der Waals surface area contributed by atoms with E-state index in [4.69, 9.17) is 21.3 Å². The quantitative estimate of drug-likeness (QED) is 0.566. The maximum absolute atomic E-state index is 14.8. The zero-order valence-corrected chi connectivity index (χ0v) is 19.8. The Kier molecular flexibility index (Phi) is 5.91. The van der Waals surface area contributed by atoms with E-state index in [1.165, 1.54) is 27.6 Å². The van der Waals surface area contributed by atoms with Gasteiger partial charge >= 0.3 is 0 Å². The number of hydrogen-bond acceptors (Lipinski definition) is 6. The smallest absolute Gasteiger partial charge is 0.259 e. The first-order valence-corrected chi connectivity index (χ1v) is 11.5. The van der Waals surface area contributed by atoms with Crippen LogP contribution in [0.3, 0.4) is 0 Å². The standard InChI is InChI=1S/C24H25ClFN5O3/c1-28(2)24(33)16-11-15(13-30-6-5-17-18(25)3-4-19(26)22(17)30)23-27-20(12-21(32)31(23)14-16)29-7-9-34-10-8-29/h3-4,11-12,14H,5-10,13H2,1-2H3. The highest BCUT2D eigenvalue weighted by molar-refractivity contribution is 6.31. The predicted molar refractivity (Wildman–Crippen MR) is 129 cm³/mol. The highest BCUT2D eigenvalue weighted by Gasteiger charge is 2.27. The monoisotopic (exact) mass is 485 g/mol. The molecule has 1 saturated heterocycles. The highest BCUT2D eigenvalue weighted by Crippen LogP contribution is 2.37. The third kappa shape index (κ3) is 3.99. The van der Waals surface area contributed by atoms with E-state index in [-0.39, 0.29) is 23.8 Å². The van der Waals surface area contributed by atoms with Crippen molar-refractivity contribution in [3.05, 3.63) is 68.3 Å². The molecule has 178 valence electrons. The molecule has 1 aromatic carbocycles. The van der Waals surface area contributed by atoms with Crippen LogP contribution in [0.1, 0.15) is 21.5 Å². The number of rotatable bonds is 4. The first-order chi connectivity index (χ1) is 16.3. The van der Waals surface area contributed by atoms with E-state index in [1.54, 1.807) is 26.2 Å². The summed E-state index contributed by atoms with van der Waals surface area (Å²) in [6, 6.07) is 6.16. The molecular formula is C24H25ClFN5O3. The number of benzene rings is 1. The number of fused-ring (bicyclic) bond motifs is 2. The Morgan fingerprint density at radius 3 is 2.71 bits per heavy atom. The number of hydrogen-bond donors (Lipinski definition) is 0. The van der Waals surface area contributed by atoms with Gasteiger partial charge in [-0.2, -0.15) is 0 Å². The second-order valence-electron chi connectivity index (χ2n) is 8.73. The van der Waals surface area contributed by atoms with Gasteiger partial charge in [-0.05, 0) is 30.2 Å². The Balaban J connectivity index is 1.64. The van der Waals surface area contributed by atoms with Gasteiger partial charge in [-0.25, -0.2) is 9.37 Å². The molecule has 0 bridgehead atoms. The van der Waals surface area contributed by atoms with Crippen LogP contribution in [-0.2, 0) is 17.7 Å². The zero-order chi connectivity index (χ0) is 24.0. The summed E-state index contributed by atoms with van der Waals surface area (Å²) in [7, 11) is 3.31. The molecule has 4 heterocycles. The second-order valence-corrected chi connectivity index (χ2v) is 9.13. The lowest BCUT2D eigenvalue weighted by Crippen LogP contribution is -2.37. The first-order valence-electron chi connectivity index (χ1n) is 11.2. The maximum Gasteiger partial charge on any atom is 0.259 e. The van der Waals surface area contributed by atoms with E-state index in [1.807, 2.05) is 9.80 Å². The minimum atomic E-state index is -0.346. The molecule has 0 unspecified atom stereocenters. The van der Waals surface area contributed by atoms with E-state index in [9.17, 15) is 14.0 Å². The van der Waals surface area contributed by atoms with Gasteiger partial charge in [-0.15, -0.1) is 0 Å². The summed E-state index contributed by atoms with van der Waals surface area (Å²) in [6.07, 6.45) is 2.14. The fourth-order valence-corrected chi connectivity index (χ4v) is 4.84. The van der Waals surface area contributed by atoms with Crippen molar-refractivity contribution in [1.29, 1.82) is 0 Å². The predicted octanol–water partition coefficient (Wildman–Crippen LogP) is 2.59. The van der Waals surface area contributed by atoms with E-state index in [0.29, 0.717) is 72.6 Å². The van der Waals surface area contributed by atoms with E-state index < -0.39 is 0 Å². The summed E-state index contributed by atoms with van der Waals surface area (Å²) in [4.78, 5) is 36.1. The van der Waals surface area contributed by atoms with Crippen molar-refractivity contribution >= 4 is 34.7 Å². The van der Waals surface area contributed by atoms with Crippen LogP contribution in [0.15, 0.2) is 35.3 Å². The van der Waals surface area contributed by atoms with Crippen molar-refractivity contribution in [2.24, 2.45) is 0 Å². The number of morpholine rings is 1. The lowest BCUT2D eigenvalue weighted by molar-refractivity contribution is 0.0827. The van der Waals surface area contributed by atoms with Crippen LogP contribution >= 0.6 is 11.6 Å². The normalized spacial score (nSPS) is 15.6. The molecule has 1 amide bonds. The molecule has 5 rings (SSSR count). The molecule has 2 aliphatic heterocycles. The first kappa shape index (κ1) is 22.6. The van der Waals surface area contributed by atoms with Crippen LogP contribution < -0.4 is 15.4 Å². The number of carbonyl (C=O) groups excluding carboxylic acids is 1. The number of ether oxygens (including phenoxy) is 1. The van der Waals surface area contributed by atoms with E-state index in [0.717, 1.165) is 5.56 Å². The molecule has 0 aliphatic carbocycles. The Morgan fingerprint density at radius 2 is 1.97 bits per heavy atom. The van der Waals surface area contributed by atoms with Crippen LogP contribution in [0.25, 0.3) is 5.65 Å². The average molecular weight is 486 g/mol. The topological polar surface area (TPSA) is 70.4 Å².